The van der Waals surface area contributed by atoms with Crippen LogP contribution in [0.5, 0.6) is 0 Å². The van der Waals surface area contributed by atoms with Crippen molar-refractivity contribution in [2.45, 2.75) is 19.9 Å². The third-order valence-corrected chi connectivity index (χ3v) is 3.44. The van der Waals surface area contributed by atoms with Gasteiger partial charge >= 0.3 is 5.97 Å². The Morgan fingerprint density at radius 1 is 1.53 bits per heavy atom. The minimum atomic E-state index is -0.840. The number of carbonyl (C=O) groups is 1. The number of thiophene rings is 1. The van der Waals surface area contributed by atoms with E-state index in [0.717, 1.165) is 15.9 Å². The summed E-state index contributed by atoms with van der Waals surface area (Å²) in [6.45, 7) is 3.91. The first kappa shape index (κ1) is 11.9. The zero-order chi connectivity index (χ0) is 12.4. The fourth-order valence-corrected chi connectivity index (χ4v) is 2.53. The molecule has 17 heavy (non-hydrogen) atoms. The van der Waals surface area contributed by atoms with Gasteiger partial charge in [0.2, 0.25) is 0 Å². The Hall–Kier alpha value is -1.62. The van der Waals surface area contributed by atoms with E-state index in [1.165, 1.54) is 0 Å². The van der Waals surface area contributed by atoms with Crippen LogP contribution in [0.4, 0.5) is 5.82 Å². The van der Waals surface area contributed by atoms with Crippen LogP contribution < -0.4 is 4.90 Å². The lowest BCUT2D eigenvalue weighted by atomic mass is 10.2. The summed E-state index contributed by atoms with van der Waals surface area (Å²) >= 11 is 1.64. The van der Waals surface area contributed by atoms with E-state index in [1.807, 2.05) is 31.4 Å². The van der Waals surface area contributed by atoms with Gasteiger partial charge in [0, 0.05) is 22.3 Å². The van der Waals surface area contributed by atoms with Crippen LogP contribution in [-0.2, 0) is 4.79 Å². The zero-order valence-electron chi connectivity index (χ0n) is 9.75. The number of carboxylic acids is 1. The molecule has 0 aromatic carbocycles. The Balaban J connectivity index is 2.48. The van der Waals surface area contributed by atoms with Crippen molar-refractivity contribution >= 4 is 33.2 Å². The highest BCUT2D eigenvalue weighted by atomic mass is 32.1. The number of anilines is 1. The van der Waals surface area contributed by atoms with Gasteiger partial charge in [-0.15, -0.1) is 11.3 Å². The maximum absolute atomic E-state index is 10.9. The Kier molecular flexibility index (Phi) is 3.28. The van der Waals surface area contributed by atoms with Crippen LogP contribution in [0.1, 0.15) is 13.8 Å². The molecule has 2 heterocycles. The lowest BCUT2D eigenvalue weighted by Gasteiger charge is -2.26. The van der Waals surface area contributed by atoms with Gasteiger partial charge in [0.05, 0.1) is 0 Å². The Morgan fingerprint density at radius 3 is 2.94 bits per heavy atom. The third-order valence-electron chi connectivity index (χ3n) is 2.56. The molecule has 0 fully saturated rings. The van der Waals surface area contributed by atoms with Crippen molar-refractivity contribution in [3.05, 3.63) is 23.7 Å². The molecule has 0 aliphatic rings. The molecule has 0 saturated heterocycles. The predicted molar refractivity (Wildman–Crippen MR) is 69.7 cm³/mol. The summed E-state index contributed by atoms with van der Waals surface area (Å²) in [6.07, 6.45) is 1.73. The lowest BCUT2D eigenvalue weighted by molar-refractivity contribution is -0.135. The quantitative estimate of drug-likeness (QED) is 0.906. The van der Waals surface area contributed by atoms with Gasteiger partial charge in [0.15, 0.2) is 0 Å². The topological polar surface area (TPSA) is 53.4 Å². The van der Waals surface area contributed by atoms with Crippen molar-refractivity contribution in [3.8, 4) is 0 Å². The summed E-state index contributed by atoms with van der Waals surface area (Å²) in [5.74, 6) is -0.0890. The van der Waals surface area contributed by atoms with E-state index in [9.17, 15) is 4.79 Å². The summed E-state index contributed by atoms with van der Waals surface area (Å²) in [5.41, 5.74) is 0. The first-order valence-electron chi connectivity index (χ1n) is 5.40. The minimum absolute atomic E-state index is 0.0281. The maximum atomic E-state index is 10.9. The van der Waals surface area contributed by atoms with Crippen LogP contribution in [0.25, 0.3) is 10.1 Å². The summed E-state index contributed by atoms with van der Waals surface area (Å²) < 4.78 is 1.13. The van der Waals surface area contributed by atoms with E-state index in [1.54, 1.807) is 22.4 Å². The average molecular weight is 250 g/mol. The van der Waals surface area contributed by atoms with Crippen LogP contribution in [0.15, 0.2) is 23.7 Å². The van der Waals surface area contributed by atoms with Gasteiger partial charge in [0.25, 0.3) is 0 Å². The Bertz CT molecular complexity index is 536. The summed E-state index contributed by atoms with van der Waals surface area (Å²) in [5, 5.41) is 12.0. The molecule has 90 valence electrons. The van der Waals surface area contributed by atoms with Crippen LogP contribution >= 0.6 is 11.3 Å². The van der Waals surface area contributed by atoms with Crippen LogP contribution in [0, 0.1) is 0 Å². The standard InChI is InChI=1S/C12H14N2O2S/c1-8(2)14(7-11(15)16)12-9-4-6-17-10(9)3-5-13-12/h3-6,8H,7H2,1-2H3,(H,15,16). The summed E-state index contributed by atoms with van der Waals surface area (Å²) in [6, 6.07) is 4.03. The van der Waals surface area contributed by atoms with Gasteiger partial charge in [-0.1, -0.05) is 0 Å². The first-order chi connectivity index (χ1) is 8.09. The minimum Gasteiger partial charge on any atom is -0.480 e. The average Bonchev–Trinajstić information content (AvgIpc) is 2.73. The van der Waals surface area contributed by atoms with Crippen LogP contribution in [-0.4, -0.2) is 28.6 Å². The predicted octanol–water partition coefficient (Wildman–Crippen LogP) is 2.60. The van der Waals surface area contributed by atoms with Crippen molar-refractivity contribution in [1.29, 1.82) is 0 Å². The van der Waals surface area contributed by atoms with E-state index in [4.69, 9.17) is 5.11 Å². The molecule has 0 unspecified atom stereocenters. The van der Waals surface area contributed by atoms with Crippen molar-refractivity contribution in [2.75, 3.05) is 11.4 Å². The number of nitrogens with zero attached hydrogens (tertiary/aromatic N) is 2. The number of hydrogen-bond acceptors (Lipinski definition) is 4. The molecule has 2 aromatic rings. The molecular weight excluding hydrogens is 236 g/mol. The second kappa shape index (κ2) is 4.71. The second-order valence-corrected chi connectivity index (χ2v) is 5.03. The van der Waals surface area contributed by atoms with Crippen LogP contribution in [0.2, 0.25) is 0 Å². The van der Waals surface area contributed by atoms with Crippen LogP contribution in [0.3, 0.4) is 0 Å². The van der Waals surface area contributed by atoms with Gasteiger partial charge in [-0.3, -0.25) is 4.79 Å². The van der Waals surface area contributed by atoms with Gasteiger partial charge in [-0.2, -0.15) is 0 Å². The normalized spacial score (nSPS) is 11.0. The van der Waals surface area contributed by atoms with E-state index < -0.39 is 5.97 Å². The molecule has 0 aliphatic carbocycles. The molecule has 0 radical (unpaired) electrons. The van der Waals surface area contributed by atoms with E-state index in [-0.39, 0.29) is 12.6 Å². The number of aliphatic carboxylic acids is 1. The molecule has 0 spiro atoms. The van der Waals surface area contributed by atoms with Gasteiger partial charge in [-0.25, -0.2) is 4.98 Å². The van der Waals surface area contributed by atoms with E-state index >= 15 is 0 Å². The monoisotopic (exact) mass is 250 g/mol. The molecule has 0 aliphatic heterocycles. The fraction of sp³-hybridized carbons (Fsp3) is 0.333. The van der Waals surface area contributed by atoms with E-state index in [0.29, 0.717) is 0 Å². The van der Waals surface area contributed by atoms with Gasteiger partial charge < -0.3 is 10.0 Å². The van der Waals surface area contributed by atoms with Crippen molar-refractivity contribution in [1.82, 2.24) is 4.98 Å². The number of pyridine rings is 1. The largest absolute Gasteiger partial charge is 0.480 e. The van der Waals surface area contributed by atoms with Crippen molar-refractivity contribution < 1.29 is 9.90 Å². The molecule has 0 saturated carbocycles. The molecule has 2 aromatic heterocycles. The Morgan fingerprint density at radius 2 is 2.29 bits per heavy atom. The molecule has 2 rings (SSSR count). The summed E-state index contributed by atoms with van der Waals surface area (Å²) in [7, 11) is 0. The van der Waals surface area contributed by atoms with Gasteiger partial charge in [-0.05, 0) is 31.4 Å². The molecule has 4 nitrogen and oxygen atoms in total. The lowest BCUT2D eigenvalue weighted by Crippen LogP contribution is -2.36. The van der Waals surface area contributed by atoms with Crippen molar-refractivity contribution in [2.24, 2.45) is 0 Å². The smallest absolute Gasteiger partial charge is 0.323 e. The third kappa shape index (κ3) is 2.39. The number of hydrogen-bond donors (Lipinski definition) is 1. The van der Waals surface area contributed by atoms with Crippen molar-refractivity contribution in [3.63, 3.8) is 0 Å². The highest BCUT2D eigenvalue weighted by Gasteiger charge is 2.17. The Labute approximate surface area is 104 Å². The fourth-order valence-electron chi connectivity index (χ4n) is 1.76. The van der Waals surface area contributed by atoms with E-state index in [2.05, 4.69) is 4.98 Å². The summed E-state index contributed by atoms with van der Waals surface area (Å²) in [4.78, 5) is 17.0. The molecule has 1 N–H and O–H groups in total. The first-order valence-corrected chi connectivity index (χ1v) is 6.28. The molecule has 0 bridgehead atoms. The highest BCUT2D eigenvalue weighted by Crippen LogP contribution is 2.29. The van der Waals surface area contributed by atoms with Gasteiger partial charge in [0.1, 0.15) is 12.4 Å². The number of carboxylic acid groups (broad SMARTS) is 1. The number of fused-ring (bicyclic) bond motifs is 1. The zero-order valence-corrected chi connectivity index (χ0v) is 10.6. The second-order valence-electron chi connectivity index (χ2n) is 4.08. The molecular formula is C12H14N2O2S. The highest BCUT2D eigenvalue weighted by molar-refractivity contribution is 7.17. The molecule has 0 atom stereocenters. The number of aromatic nitrogens is 1. The molecule has 5 heteroatoms. The molecule has 0 amide bonds. The number of rotatable bonds is 4. The SMILES string of the molecule is CC(C)N(CC(=O)O)c1nccc2sccc12. The maximum Gasteiger partial charge on any atom is 0.323 e.